The summed E-state index contributed by atoms with van der Waals surface area (Å²) in [6.45, 7) is 4.97. The van der Waals surface area contributed by atoms with E-state index in [0.717, 1.165) is 0 Å². The van der Waals surface area contributed by atoms with Crippen LogP contribution in [0, 0.1) is 0 Å². The zero-order valence-corrected chi connectivity index (χ0v) is 5.06. The van der Waals surface area contributed by atoms with Gasteiger partial charge in [0.05, 0.1) is 0 Å². The minimum Gasteiger partial charge on any atom is -0.338 e. The van der Waals surface area contributed by atoms with Gasteiger partial charge in [0, 0.05) is 7.05 Å². The van der Waals surface area contributed by atoms with Gasteiger partial charge in [-0.1, -0.05) is 16.3 Å². The molecule has 0 aliphatic heterocycles. The van der Waals surface area contributed by atoms with Gasteiger partial charge in [0.25, 0.3) is 0 Å². The van der Waals surface area contributed by atoms with Gasteiger partial charge in [0.1, 0.15) is 5.84 Å². The molecule has 0 aliphatic rings. The van der Waals surface area contributed by atoms with Crippen LogP contribution < -0.4 is 0 Å². The Kier molecular flexibility index (Phi) is 2.84. The first-order valence-corrected chi connectivity index (χ1v) is 2.23. The summed E-state index contributed by atoms with van der Waals surface area (Å²) in [6, 6.07) is 0. The molecular formula is C5H9FN2. The molecule has 0 unspecified atom stereocenters. The second-order valence-electron chi connectivity index (χ2n) is 1.43. The quantitative estimate of drug-likeness (QED) is 0.373. The fourth-order valence-electron chi connectivity index (χ4n) is 0.192. The maximum Gasteiger partial charge on any atom is 0.138 e. The lowest BCUT2D eigenvalue weighted by Crippen LogP contribution is -2.15. The topological polar surface area (TPSA) is 15.6 Å². The molecule has 46 valence electrons. The maximum absolute atomic E-state index is 11.3. The standard InChI is InChI=1S/C5H9FN2/c1-4-8(3)5(2)7-6/h4H,1H2,2-3H3/b7-5+. The fourth-order valence-corrected chi connectivity index (χ4v) is 0.192. The van der Waals surface area contributed by atoms with Crippen LogP contribution in [0.3, 0.4) is 0 Å². The fraction of sp³-hybridized carbons (Fsp3) is 0.400. The molecule has 0 aliphatic carbocycles. The third kappa shape index (κ3) is 1.73. The van der Waals surface area contributed by atoms with Crippen molar-refractivity contribution in [3.8, 4) is 0 Å². The van der Waals surface area contributed by atoms with E-state index in [2.05, 4.69) is 11.8 Å². The van der Waals surface area contributed by atoms with E-state index in [9.17, 15) is 4.48 Å². The van der Waals surface area contributed by atoms with Crippen LogP contribution >= 0.6 is 0 Å². The number of hydrogen-bond acceptors (Lipinski definition) is 1. The van der Waals surface area contributed by atoms with Crippen molar-refractivity contribution in [3.63, 3.8) is 0 Å². The van der Waals surface area contributed by atoms with Gasteiger partial charge in [-0.15, -0.1) is 0 Å². The van der Waals surface area contributed by atoms with Crippen LogP contribution in [0.1, 0.15) is 6.92 Å². The third-order valence-electron chi connectivity index (χ3n) is 0.907. The summed E-state index contributed by atoms with van der Waals surface area (Å²) < 4.78 is 11.3. The highest BCUT2D eigenvalue weighted by Crippen LogP contribution is 1.86. The smallest absolute Gasteiger partial charge is 0.138 e. The van der Waals surface area contributed by atoms with Crippen LogP contribution in [0.2, 0.25) is 0 Å². The Morgan fingerprint density at radius 2 is 2.38 bits per heavy atom. The number of amidine groups is 1. The van der Waals surface area contributed by atoms with Gasteiger partial charge >= 0.3 is 0 Å². The van der Waals surface area contributed by atoms with E-state index in [1.165, 1.54) is 11.1 Å². The molecule has 0 bridgehead atoms. The van der Waals surface area contributed by atoms with Crippen LogP contribution in [0.4, 0.5) is 4.48 Å². The van der Waals surface area contributed by atoms with Gasteiger partial charge in [0.15, 0.2) is 0 Å². The molecule has 0 saturated heterocycles. The van der Waals surface area contributed by atoms with Crippen LogP contribution in [0.25, 0.3) is 0 Å². The zero-order chi connectivity index (χ0) is 6.57. The van der Waals surface area contributed by atoms with Crippen molar-refractivity contribution in [2.45, 2.75) is 6.92 Å². The lowest BCUT2D eigenvalue weighted by Gasteiger charge is -2.08. The Morgan fingerprint density at radius 1 is 1.88 bits per heavy atom. The molecule has 0 N–H and O–H groups in total. The van der Waals surface area contributed by atoms with E-state index < -0.39 is 0 Å². The van der Waals surface area contributed by atoms with Crippen LogP contribution in [0.15, 0.2) is 18.0 Å². The lowest BCUT2D eigenvalue weighted by molar-refractivity contribution is 0.512. The first-order valence-electron chi connectivity index (χ1n) is 2.23. The van der Waals surface area contributed by atoms with Crippen molar-refractivity contribution in [2.75, 3.05) is 7.05 Å². The first kappa shape index (κ1) is 7.14. The van der Waals surface area contributed by atoms with E-state index in [1.54, 1.807) is 14.0 Å². The number of rotatable bonds is 1. The molecule has 0 fully saturated rings. The monoisotopic (exact) mass is 116 g/mol. The zero-order valence-electron chi connectivity index (χ0n) is 5.06. The highest BCUT2D eigenvalue weighted by molar-refractivity contribution is 5.79. The van der Waals surface area contributed by atoms with Crippen molar-refractivity contribution >= 4 is 5.84 Å². The second kappa shape index (κ2) is 3.18. The van der Waals surface area contributed by atoms with Gasteiger partial charge in [-0.25, -0.2) is 0 Å². The van der Waals surface area contributed by atoms with Crippen LogP contribution in [0.5, 0.6) is 0 Å². The molecule has 0 aromatic heterocycles. The number of halogens is 1. The second-order valence-corrected chi connectivity index (χ2v) is 1.43. The number of hydrogen-bond donors (Lipinski definition) is 0. The van der Waals surface area contributed by atoms with Crippen molar-refractivity contribution in [1.29, 1.82) is 0 Å². The van der Waals surface area contributed by atoms with Gasteiger partial charge in [-0.05, 0) is 13.1 Å². The van der Waals surface area contributed by atoms with E-state index in [1.807, 2.05) is 0 Å². The molecule has 0 spiro atoms. The lowest BCUT2D eigenvalue weighted by atomic mass is 10.6. The SMILES string of the molecule is C=CN(C)/C(C)=N/F. The number of nitrogens with zero attached hydrogens (tertiary/aromatic N) is 2. The minimum absolute atomic E-state index is 0.306. The Morgan fingerprint density at radius 3 is 2.50 bits per heavy atom. The highest BCUT2D eigenvalue weighted by atomic mass is 19.2. The molecule has 0 aromatic rings. The highest BCUT2D eigenvalue weighted by Gasteiger charge is 1.91. The Hall–Kier alpha value is -0.860. The van der Waals surface area contributed by atoms with Gasteiger partial charge in [-0.2, -0.15) is 0 Å². The van der Waals surface area contributed by atoms with Crippen molar-refractivity contribution < 1.29 is 4.48 Å². The summed E-state index contributed by atoms with van der Waals surface area (Å²) >= 11 is 0. The summed E-state index contributed by atoms with van der Waals surface area (Å²) in [7, 11) is 1.67. The minimum atomic E-state index is 0.306. The Bertz CT molecular complexity index is 109. The summed E-state index contributed by atoms with van der Waals surface area (Å²) in [5.74, 6) is 0.306. The average molecular weight is 116 g/mol. The summed E-state index contributed by atoms with van der Waals surface area (Å²) in [6.07, 6.45) is 1.48. The molecule has 0 rings (SSSR count). The van der Waals surface area contributed by atoms with Gasteiger partial charge in [0.2, 0.25) is 0 Å². The normalized spacial score (nSPS) is 11.1. The average Bonchev–Trinajstić information content (AvgIpc) is 1.84. The summed E-state index contributed by atoms with van der Waals surface area (Å²) in [5, 5.41) is 2.43. The van der Waals surface area contributed by atoms with E-state index in [4.69, 9.17) is 0 Å². The third-order valence-corrected chi connectivity index (χ3v) is 0.907. The van der Waals surface area contributed by atoms with Crippen molar-refractivity contribution in [1.82, 2.24) is 4.90 Å². The largest absolute Gasteiger partial charge is 0.338 e. The molecule has 3 heteroatoms. The van der Waals surface area contributed by atoms with Gasteiger partial charge in [-0.3, -0.25) is 0 Å². The Balaban J connectivity index is 3.81. The van der Waals surface area contributed by atoms with Crippen LogP contribution in [-0.4, -0.2) is 17.8 Å². The molecule has 8 heavy (non-hydrogen) atoms. The predicted octanol–water partition coefficient (Wildman–Crippen LogP) is 1.36. The summed E-state index contributed by atoms with van der Waals surface area (Å²) in [5.41, 5.74) is 0. The van der Waals surface area contributed by atoms with Crippen molar-refractivity contribution in [2.24, 2.45) is 5.21 Å². The van der Waals surface area contributed by atoms with E-state index in [-0.39, 0.29) is 0 Å². The maximum atomic E-state index is 11.3. The van der Waals surface area contributed by atoms with Crippen LogP contribution in [-0.2, 0) is 0 Å². The molecule has 0 aromatic carbocycles. The molecule has 0 radical (unpaired) electrons. The van der Waals surface area contributed by atoms with E-state index in [0.29, 0.717) is 5.84 Å². The summed E-state index contributed by atoms with van der Waals surface area (Å²) in [4.78, 5) is 1.49. The first-order chi connectivity index (χ1) is 3.72. The molecule has 2 nitrogen and oxygen atoms in total. The molecular weight excluding hydrogens is 107 g/mol. The predicted molar refractivity (Wildman–Crippen MR) is 32.2 cm³/mol. The van der Waals surface area contributed by atoms with E-state index >= 15 is 0 Å². The molecule has 0 saturated carbocycles. The van der Waals surface area contributed by atoms with Crippen molar-refractivity contribution in [3.05, 3.63) is 12.8 Å². The Labute approximate surface area is 48.3 Å². The molecule has 0 atom stereocenters. The molecule has 0 amide bonds. The van der Waals surface area contributed by atoms with Gasteiger partial charge < -0.3 is 4.90 Å². The molecule has 0 heterocycles.